The molecule has 1 aromatic carbocycles. The van der Waals surface area contributed by atoms with Crippen molar-refractivity contribution in [3.63, 3.8) is 0 Å². The van der Waals surface area contributed by atoms with E-state index in [0.29, 0.717) is 19.6 Å². The van der Waals surface area contributed by atoms with Crippen LogP contribution in [0.5, 0.6) is 0 Å². The monoisotopic (exact) mass is 251 g/mol. The van der Waals surface area contributed by atoms with Crippen LogP contribution < -0.4 is 5.32 Å². The molecular formula is C15H25NO2. The van der Waals surface area contributed by atoms with Crippen molar-refractivity contribution in [1.29, 1.82) is 0 Å². The topological polar surface area (TPSA) is 41.5 Å². The van der Waals surface area contributed by atoms with Crippen molar-refractivity contribution in [3.05, 3.63) is 35.4 Å². The predicted octanol–water partition coefficient (Wildman–Crippen LogP) is 2.13. The lowest BCUT2D eigenvalue weighted by Crippen LogP contribution is -2.38. The number of aliphatic hydroxyl groups is 1. The van der Waals surface area contributed by atoms with Crippen LogP contribution in [0.2, 0.25) is 0 Å². The molecular weight excluding hydrogens is 226 g/mol. The van der Waals surface area contributed by atoms with E-state index in [1.54, 1.807) is 7.11 Å². The summed E-state index contributed by atoms with van der Waals surface area (Å²) in [5.41, 5.74) is 1.89. The van der Waals surface area contributed by atoms with Gasteiger partial charge in [0.15, 0.2) is 0 Å². The molecule has 0 aliphatic rings. The molecule has 3 nitrogen and oxygen atoms in total. The van der Waals surface area contributed by atoms with Crippen molar-refractivity contribution in [3.8, 4) is 0 Å². The van der Waals surface area contributed by atoms with E-state index in [0.717, 1.165) is 13.0 Å². The maximum absolute atomic E-state index is 10.1. The average molecular weight is 251 g/mol. The zero-order chi connectivity index (χ0) is 13.4. The molecule has 0 saturated heterocycles. The second-order valence-electron chi connectivity index (χ2n) is 5.01. The molecule has 18 heavy (non-hydrogen) atoms. The summed E-state index contributed by atoms with van der Waals surface area (Å²) in [6.07, 6.45) is 1.71. The molecule has 0 amide bonds. The second kappa shape index (κ2) is 7.52. The Bertz CT molecular complexity index is 333. The summed E-state index contributed by atoms with van der Waals surface area (Å²) in [7, 11) is 1.65. The molecule has 1 rings (SSSR count). The van der Waals surface area contributed by atoms with Gasteiger partial charge in [-0.05, 0) is 24.5 Å². The van der Waals surface area contributed by atoms with E-state index in [1.807, 2.05) is 6.92 Å². The Kier molecular flexibility index (Phi) is 6.33. The van der Waals surface area contributed by atoms with Crippen molar-refractivity contribution in [2.45, 2.75) is 38.8 Å². The Labute approximate surface area is 110 Å². The van der Waals surface area contributed by atoms with E-state index in [2.05, 4.69) is 36.5 Å². The molecule has 0 bridgehead atoms. The van der Waals surface area contributed by atoms with Crippen LogP contribution in [0.15, 0.2) is 24.3 Å². The third kappa shape index (κ3) is 5.63. The van der Waals surface area contributed by atoms with Gasteiger partial charge in [-0.3, -0.25) is 0 Å². The molecule has 1 aromatic rings. The third-order valence-electron chi connectivity index (χ3n) is 3.11. The van der Waals surface area contributed by atoms with Crippen molar-refractivity contribution in [1.82, 2.24) is 5.32 Å². The predicted molar refractivity (Wildman–Crippen MR) is 74.6 cm³/mol. The molecule has 0 aliphatic carbocycles. The Morgan fingerprint density at radius 3 is 2.39 bits per heavy atom. The molecule has 3 heteroatoms. The van der Waals surface area contributed by atoms with E-state index in [1.165, 1.54) is 11.1 Å². The van der Waals surface area contributed by atoms with E-state index in [9.17, 15) is 5.11 Å². The molecule has 0 aromatic heterocycles. The first-order valence-electron chi connectivity index (χ1n) is 6.57. The fourth-order valence-corrected chi connectivity index (χ4v) is 1.78. The number of aryl methyl sites for hydroxylation is 1. The zero-order valence-electron chi connectivity index (χ0n) is 11.7. The number of benzene rings is 1. The van der Waals surface area contributed by atoms with Gasteiger partial charge in [0.05, 0.1) is 5.60 Å². The Morgan fingerprint density at radius 1 is 1.22 bits per heavy atom. The van der Waals surface area contributed by atoms with Gasteiger partial charge in [0.25, 0.3) is 0 Å². The van der Waals surface area contributed by atoms with Crippen molar-refractivity contribution in [2.24, 2.45) is 0 Å². The Morgan fingerprint density at radius 2 is 1.83 bits per heavy atom. The van der Waals surface area contributed by atoms with Crippen molar-refractivity contribution in [2.75, 3.05) is 20.3 Å². The van der Waals surface area contributed by atoms with E-state index < -0.39 is 5.60 Å². The van der Waals surface area contributed by atoms with Crippen LogP contribution in [0.1, 0.15) is 31.4 Å². The normalized spacial score (nSPS) is 14.4. The van der Waals surface area contributed by atoms with Crippen LogP contribution in [-0.4, -0.2) is 31.0 Å². The Balaban J connectivity index is 2.31. The number of hydrogen-bond donors (Lipinski definition) is 2. The lowest BCUT2D eigenvalue weighted by atomic mass is 10.0. The largest absolute Gasteiger partial charge is 0.389 e. The van der Waals surface area contributed by atoms with Gasteiger partial charge < -0.3 is 15.2 Å². The van der Waals surface area contributed by atoms with Crippen LogP contribution in [0, 0.1) is 0 Å². The van der Waals surface area contributed by atoms with E-state index in [-0.39, 0.29) is 0 Å². The molecule has 0 heterocycles. The minimum Gasteiger partial charge on any atom is -0.389 e. The first-order chi connectivity index (χ1) is 8.57. The highest BCUT2D eigenvalue weighted by Gasteiger charge is 2.18. The lowest BCUT2D eigenvalue weighted by molar-refractivity contribution is 0.0247. The minimum absolute atomic E-state index is 0.575. The third-order valence-corrected chi connectivity index (χ3v) is 3.11. The smallest absolute Gasteiger partial charge is 0.0765 e. The van der Waals surface area contributed by atoms with Crippen LogP contribution in [0.3, 0.4) is 0 Å². The van der Waals surface area contributed by atoms with Gasteiger partial charge >= 0.3 is 0 Å². The highest BCUT2D eigenvalue weighted by molar-refractivity contribution is 5.22. The summed E-state index contributed by atoms with van der Waals surface area (Å²) in [6.45, 7) is 5.93. The van der Waals surface area contributed by atoms with Crippen LogP contribution in [0.25, 0.3) is 0 Å². The molecule has 102 valence electrons. The zero-order valence-corrected chi connectivity index (χ0v) is 11.7. The summed E-state index contributed by atoms with van der Waals surface area (Å²) in [5, 5.41) is 13.3. The quantitative estimate of drug-likeness (QED) is 0.743. The SMILES string of the molecule is CCc1ccc(CNCC(C)(O)CCOC)cc1. The van der Waals surface area contributed by atoms with Crippen LogP contribution >= 0.6 is 0 Å². The number of hydrogen-bond acceptors (Lipinski definition) is 3. The van der Waals surface area contributed by atoms with Gasteiger partial charge in [-0.25, -0.2) is 0 Å². The first kappa shape index (κ1) is 15.2. The summed E-state index contributed by atoms with van der Waals surface area (Å²) < 4.78 is 4.98. The van der Waals surface area contributed by atoms with Gasteiger partial charge in [-0.2, -0.15) is 0 Å². The van der Waals surface area contributed by atoms with Gasteiger partial charge in [-0.15, -0.1) is 0 Å². The molecule has 0 radical (unpaired) electrons. The first-order valence-corrected chi connectivity index (χ1v) is 6.57. The molecule has 2 N–H and O–H groups in total. The molecule has 1 atom stereocenters. The average Bonchev–Trinajstić information content (AvgIpc) is 2.37. The molecule has 0 spiro atoms. The van der Waals surface area contributed by atoms with Gasteiger partial charge in [0, 0.05) is 33.2 Å². The number of rotatable bonds is 8. The highest BCUT2D eigenvalue weighted by atomic mass is 16.5. The van der Waals surface area contributed by atoms with Gasteiger partial charge in [0.1, 0.15) is 0 Å². The van der Waals surface area contributed by atoms with Crippen LogP contribution in [-0.2, 0) is 17.7 Å². The molecule has 0 aliphatic heterocycles. The van der Waals surface area contributed by atoms with Crippen LogP contribution in [0.4, 0.5) is 0 Å². The standard InChI is InChI=1S/C15H25NO2/c1-4-13-5-7-14(8-6-13)11-16-12-15(2,17)9-10-18-3/h5-8,16-17H,4,9-12H2,1-3H3. The summed E-state index contributed by atoms with van der Waals surface area (Å²) in [5.74, 6) is 0. The van der Waals surface area contributed by atoms with Gasteiger partial charge in [-0.1, -0.05) is 31.2 Å². The second-order valence-corrected chi connectivity index (χ2v) is 5.01. The molecule has 0 saturated carbocycles. The van der Waals surface area contributed by atoms with E-state index >= 15 is 0 Å². The maximum atomic E-state index is 10.1. The Hall–Kier alpha value is -0.900. The lowest BCUT2D eigenvalue weighted by Gasteiger charge is -2.23. The van der Waals surface area contributed by atoms with Crippen molar-refractivity contribution < 1.29 is 9.84 Å². The number of methoxy groups -OCH3 is 1. The molecule has 1 unspecified atom stereocenters. The molecule has 0 fully saturated rings. The van der Waals surface area contributed by atoms with Gasteiger partial charge in [0.2, 0.25) is 0 Å². The number of nitrogens with one attached hydrogen (secondary N) is 1. The minimum atomic E-state index is -0.709. The fraction of sp³-hybridized carbons (Fsp3) is 0.600. The fourth-order valence-electron chi connectivity index (χ4n) is 1.78. The number of ether oxygens (including phenoxy) is 1. The summed E-state index contributed by atoms with van der Waals surface area (Å²) >= 11 is 0. The van der Waals surface area contributed by atoms with E-state index in [4.69, 9.17) is 4.74 Å². The highest BCUT2D eigenvalue weighted by Crippen LogP contribution is 2.09. The van der Waals surface area contributed by atoms with Crippen molar-refractivity contribution >= 4 is 0 Å². The summed E-state index contributed by atoms with van der Waals surface area (Å²) in [6, 6.07) is 8.57. The maximum Gasteiger partial charge on any atom is 0.0765 e. The summed E-state index contributed by atoms with van der Waals surface area (Å²) in [4.78, 5) is 0.